The molecule has 2 nitrogen and oxygen atoms in total. The van der Waals surface area contributed by atoms with Crippen LogP contribution in [0.5, 0.6) is 0 Å². The Morgan fingerprint density at radius 1 is 1.14 bits per heavy atom. The van der Waals surface area contributed by atoms with Crippen LogP contribution >= 0.6 is 0 Å². The van der Waals surface area contributed by atoms with Crippen molar-refractivity contribution in [1.82, 2.24) is 0 Å². The topological polar surface area (TPSA) is 18.5 Å². The Morgan fingerprint density at radius 3 is 1.86 bits per heavy atom. The first kappa shape index (κ1) is 7.79. The van der Waals surface area contributed by atoms with Crippen LogP contribution in [0.4, 0.5) is 0 Å². The van der Waals surface area contributed by atoms with E-state index in [1.54, 1.807) is 0 Å². The molecule has 0 fully saturated rings. The van der Waals surface area contributed by atoms with E-state index in [0.717, 1.165) is 13.2 Å². The average Bonchev–Trinajstić information content (AvgIpc) is 1.69. The molecule has 0 aromatic rings. The zero-order valence-corrected chi connectivity index (χ0v) is 8.10. The van der Waals surface area contributed by atoms with Gasteiger partial charge in [-0.15, -0.1) is 0 Å². The number of rotatable bonds is 4. The molecule has 7 heavy (non-hydrogen) atoms. The van der Waals surface area contributed by atoms with Crippen molar-refractivity contribution in [1.29, 1.82) is 0 Å². The van der Waals surface area contributed by atoms with Crippen molar-refractivity contribution in [2.75, 3.05) is 13.2 Å². The van der Waals surface area contributed by atoms with E-state index >= 15 is 0 Å². The summed E-state index contributed by atoms with van der Waals surface area (Å²) in [5.74, 6) is 0. The molecular weight excluding hydrogens is 195 g/mol. The van der Waals surface area contributed by atoms with Crippen molar-refractivity contribution >= 4 is 23.8 Å². The van der Waals surface area contributed by atoms with E-state index in [-0.39, 0.29) is 0 Å². The van der Waals surface area contributed by atoms with Gasteiger partial charge in [0.05, 0.1) is 0 Å². The van der Waals surface area contributed by atoms with Crippen LogP contribution in [0.3, 0.4) is 0 Å². The van der Waals surface area contributed by atoms with Gasteiger partial charge in [-0.3, -0.25) is 0 Å². The van der Waals surface area contributed by atoms with Gasteiger partial charge >= 0.3 is 56.5 Å². The molecule has 0 spiro atoms. The minimum absolute atomic E-state index is 0.821. The summed E-state index contributed by atoms with van der Waals surface area (Å²) in [6, 6.07) is 0. The molecule has 0 aliphatic rings. The fourth-order valence-electron chi connectivity index (χ4n) is 0.184. The summed E-state index contributed by atoms with van der Waals surface area (Å²) < 4.78 is 10.1. The van der Waals surface area contributed by atoms with E-state index in [0.29, 0.717) is 0 Å². The van der Waals surface area contributed by atoms with Gasteiger partial charge in [0, 0.05) is 0 Å². The summed E-state index contributed by atoms with van der Waals surface area (Å²) >= 11 is -0.966. The Hall–Kier alpha value is 0.790. The van der Waals surface area contributed by atoms with Gasteiger partial charge in [0.1, 0.15) is 0 Å². The number of hydrogen-bond donors (Lipinski definition) is 0. The van der Waals surface area contributed by atoms with E-state index in [9.17, 15) is 0 Å². The van der Waals surface area contributed by atoms with Crippen LogP contribution in [-0.2, 0) is 5.71 Å². The first-order chi connectivity index (χ1) is 3.41. The van der Waals surface area contributed by atoms with Crippen molar-refractivity contribution in [3.8, 4) is 0 Å². The summed E-state index contributed by atoms with van der Waals surface area (Å²) in [6.45, 7) is 5.62. The van der Waals surface area contributed by atoms with E-state index in [1.165, 1.54) is 0 Å². The number of hydrogen-bond acceptors (Lipinski definition) is 2. The third-order valence-electron chi connectivity index (χ3n) is 0.469. The van der Waals surface area contributed by atoms with Gasteiger partial charge in [0.15, 0.2) is 0 Å². The summed E-state index contributed by atoms with van der Waals surface area (Å²) in [5.41, 5.74) is 0. The second-order valence-corrected chi connectivity index (χ2v) is 3.46. The van der Waals surface area contributed by atoms with Crippen molar-refractivity contribution in [2.24, 2.45) is 0 Å². The maximum absolute atomic E-state index is 5.04. The Kier molecular flexibility index (Phi) is 7.56. The Balaban J connectivity index is 2.45. The van der Waals surface area contributed by atoms with Crippen LogP contribution in [-0.4, -0.2) is 37.0 Å². The first-order valence-corrected chi connectivity index (χ1v) is 5.15. The molecule has 0 heterocycles. The van der Waals surface area contributed by atoms with Crippen molar-refractivity contribution in [2.45, 2.75) is 13.8 Å². The fourth-order valence-corrected chi connectivity index (χ4v) is 1.24. The quantitative estimate of drug-likeness (QED) is 0.625. The average molecular weight is 205 g/mol. The van der Waals surface area contributed by atoms with E-state index in [1.807, 2.05) is 13.8 Å². The molecule has 0 atom stereocenters. The molecule has 0 rings (SSSR count). The van der Waals surface area contributed by atoms with Crippen molar-refractivity contribution < 1.29 is 5.71 Å². The minimum atomic E-state index is -0.966. The maximum atomic E-state index is 5.04. The van der Waals surface area contributed by atoms with E-state index in [4.69, 9.17) is 5.71 Å². The molecule has 41 valence electrons. The van der Waals surface area contributed by atoms with Crippen LogP contribution in [0.2, 0.25) is 0 Å². The molecule has 0 bridgehead atoms. The van der Waals surface area contributed by atoms with Crippen LogP contribution in [0.15, 0.2) is 0 Å². The second kappa shape index (κ2) is 6.79. The summed E-state index contributed by atoms with van der Waals surface area (Å²) in [5, 5.41) is 0. The second-order valence-electron chi connectivity index (χ2n) is 1.01. The first-order valence-electron chi connectivity index (χ1n) is 2.46. The van der Waals surface area contributed by atoms with Gasteiger partial charge in [-0.2, -0.15) is 0 Å². The van der Waals surface area contributed by atoms with Crippen molar-refractivity contribution in [3.63, 3.8) is 0 Å². The monoisotopic (exact) mass is 205 g/mol. The third kappa shape index (κ3) is 6.79. The Morgan fingerprint density at radius 2 is 1.57 bits per heavy atom. The third-order valence-corrected chi connectivity index (χ3v) is 3.15. The molecule has 0 saturated carbocycles. The van der Waals surface area contributed by atoms with Gasteiger partial charge < -0.3 is 0 Å². The molecule has 3 heteroatoms. The SMILES string of the molecule is CC[O][In][O]CC. The van der Waals surface area contributed by atoms with E-state index < -0.39 is 23.8 Å². The van der Waals surface area contributed by atoms with E-state index in [2.05, 4.69) is 0 Å². The molecule has 0 N–H and O–H groups in total. The van der Waals surface area contributed by atoms with Gasteiger partial charge in [-0.05, 0) is 0 Å². The molecular formula is C4H10InO2. The molecule has 0 amide bonds. The molecule has 0 saturated heterocycles. The zero-order chi connectivity index (χ0) is 5.54. The molecule has 0 aliphatic heterocycles. The van der Waals surface area contributed by atoms with Gasteiger partial charge in [-0.25, -0.2) is 0 Å². The molecule has 0 aromatic carbocycles. The molecule has 0 aliphatic carbocycles. The van der Waals surface area contributed by atoms with Gasteiger partial charge in [0.25, 0.3) is 0 Å². The molecule has 0 unspecified atom stereocenters. The van der Waals surface area contributed by atoms with Crippen LogP contribution in [0, 0.1) is 0 Å². The summed E-state index contributed by atoms with van der Waals surface area (Å²) in [4.78, 5) is 0. The summed E-state index contributed by atoms with van der Waals surface area (Å²) in [6.07, 6.45) is 0. The fraction of sp³-hybridized carbons (Fsp3) is 1.00. The predicted octanol–water partition coefficient (Wildman–Crippen LogP) is 0.594. The molecule has 0 aromatic heterocycles. The van der Waals surface area contributed by atoms with Crippen LogP contribution in [0.1, 0.15) is 13.8 Å². The molecule has 1 radical (unpaired) electrons. The van der Waals surface area contributed by atoms with Gasteiger partial charge in [-0.1, -0.05) is 0 Å². The van der Waals surface area contributed by atoms with Crippen molar-refractivity contribution in [3.05, 3.63) is 0 Å². The van der Waals surface area contributed by atoms with Gasteiger partial charge in [0.2, 0.25) is 0 Å². The summed E-state index contributed by atoms with van der Waals surface area (Å²) in [7, 11) is 0. The predicted molar refractivity (Wildman–Crippen MR) is 29.0 cm³/mol. The normalized spacial score (nSPS) is 8.86. The van der Waals surface area contributed by atoms with Crippen LogP contribution < -0.4 is 0 Å². The Bertz CT molecular complexity index is 28.9. The zero-order valence-electron chi connectivity index (χ0n) is 4.81. The van der Waals surface area contributed by atoms with Crippen LogP contribution in [0.25, 0.3) is 0 Å². The Labute approximate surface area is 56.8 Å². The standard InChI is InChI=1S/2C2H5O.In/c2*1-2-3;/h2*2H2,1H3;/q2*-1;+2.